The monoisotopic (exact) mass is 301 g/mol. The van der Waals surface area contributed by atoms with Crippen molar-refractivity contribution in [3.05, 3.63) is 18.2 Å². The van der Waals surface area contributed by atoms with Crippen LogP contribution in [-0.2, 0) is 14.8 Å². The number of nitrogens with one attached hydrogen (secondary N) is 1. The van der Waals surface area contributed by atoms with Crippen molar-refractivity contribution in [3.63, 3.8) is 0 Å². The Bertz CT molecular complexity index is 599. The number of carbonyl (C=O) groups excluding carboxylic acids is 1. The molecular formula is C12H19N3O4S. The van der Waals surface area contributed by atoms with Gasteiger partial charge >= 0.3 is 0 Å². The highest BCUT2D eigenvalue weighted by atomic mass is 32.2. The van der Waals surface area contributed by atoms with Gasteiger partial charge in [0.05, 0.1) is 13.2 Å². The Morgan fingerprint density at radius 3 is 2.50 bits per heavy atom. The Hall–Kier alpha value is -1.80. The molecule has 1 aromatic carbocycles. The minimum Gasteiger partial charge on any atom is -0.495 e. The minimum absolute atomic E-state index is 0.0987. The van der Waals surface area contributed by atoms with Crippen molar-refractivity contribution in [1.82, 2.24) is 9.62 Å². The normalized spacial score (nSPS) is 12.8. The molecule has 0 bridgehead atoms. The highest BCUT2D eigenvalue weighted by Crippen LogP contribution is 2.25. The molecule has 1 aromatic rings. The van der Waals surface area contributed by atoms with Crippen molar-refractivity contribution < 1.29 is 17.9 Å². The first-order chi connectivity index (χ1) is 9.19. The molecule has 0 aliphatic heterocycles. The molecule has 0 saturated heterocycles. The molecule has 0 aliphatic carbocycles. The second-order valence-electron chi connectivity index (χ2n) is 4.49. The average Bonchev–Trinajstić information content (AvgIpc) is 2.37. The van der Waals surface area contributed by atoms with Gasteiger partial charge in [-0.15, -0.1) is 0 Å². The number of ether oxygens (including phenoxy) is 1. The number of anilines is 1. The van der Waals surface area contributed by atoms with E-state index >= 15 is 0 Å². The lowest BCUT2D eigenvalue weighted by Crippen LogP contribution is -2.44. The lowest BCUT2D eigenvalue weighted by molar-refractivity contribution is -0.130. The van der Waals surface area contributed by atoms with Crippen molar-refractivity contribution >= 4 is 21.6 Å². The first-order valence-electron chi connectivity index (χ1n) is 5.86. The topological polar surface area (TPSA) is 102 Å². The van der Waals surface area contributed by atoms with Gasteiger partial charge in [0.15, 0.2) is 0 Å². The molecule has 1 amide bonds. The summed E-state index contributed by atoms with van der Waals surface area (Å²) in [7, 11) is 0.554. The maximum Gasteiger partial charge on any atom is 0.245 e. The predicted octanol–water partition coefficient (Wildman–Crippen LogP) is 0.0324. The van der Waals surface area contributed by atoms with E-state index in [2.05, 4.69) is 4.72 Å². The Morgan fingerprint density at radius 2 is 2.00 bits per heavy atom. The van der Waals surface area contributed by atoms with Gasteiger partial charge in [-0.1, -0.05) is 0 Å². The lowest BCUT2D eigenvalue weighted by atomic mass is 10.3. The summed E-state index contributed by atoms with van der Waals surface area (Å²) >= 11 is 0. The van der Waals surface area contributed by atoms with E-state index < -0.39 is 16.1 Å². The fourth-order valence-corrected chi connectivity index (χ4v) is 3.04. The molecule has 7 nitrogen and oxygen atoms in total. The van der Waals surface area contributed by atoms with Gasteiger partial charge in [-0.05, 0) is 25.1 Å². The standard InChI is InChI=1S/C12H19N3O4S/c1-8(12(16)15(2)3)14-20(17,18)11-7-9(13)5-6-10(11)19-4/h5-8,14H,13H2,1-4H3. The van der Waals surface area contributed by atoms with Gasteiger partial charge in [-0.2, -0.15) is 4.72 Å². The quantitative estimate of drug-likeness (QED) is 0.747. The van der Waals surface area contributed by atoms with Crippen molar-refractivity contribution in [2.45, 2.75) is 17.9 Å². The first-order valence-corrected chi connectivity index (χ1v) is 7.34. The Labute approximate surface area is 118 Å². The number of benzene rings is 1. The summed E-state index contributed by atoms with van der Waals surface area (Å²) in [5.74, 6) is -0.187. The number of hydrogen-bond acceptors (Lipinski definition) is 5. The molecule has 0 spiro atoms. The molecule has 0 aliphatic rings. The van der Waals surface area contributed by atoms with Crippen LogP contribution >= 0.6 is 0 Å². The van der Waals surface area contributed by atoms with Gasteiger partial charge in [-0.25, -0.2) is 8.42 Å². The number of sulfonamides is 1. The Balaban J connectivity index is 3.12. The van der Waals surface area contributed by atoms with E-state index in [1.165, 1.54) is 37.1 Å². The number of likely N-dealkylation sites (N-methyl/N-ethyl adjacent to an activating group) is 1. The average molecular weight is 301 g/mol. The molecular weight excluding hydrogens is 282 g/mol. The molecule has 0 saturated carbocycles. The first kappa shape index (κ1) is 16.3. The van der Waals surface area contributed by atoms with Crippen molar-refractivity contribution in [2.24, 2.45) is 0 Å². The molecule has 1 atom stereocenters. The highest BCUT2D eigenvalue weighted by molar-refractivity contribution is 7.89. The molecule has 3 N–H and O–H groups in total. The molecule has 8 heteroatoms. The van der Waals surface area contributed by atoms with Crippen LogP contribution in [-0.4, -0.2) is 46.5 Å². The van der Waals surface area contributed by atoms with Crippen LogP contribution < -0.4 is 15.2 Å². The van der Waals surface area contributed by atoms with Crippen LogP contribution in [0.1, 0.15) is 6.92 Å². The number of nitrogen functional groups attached to an aromatic ring is 1. The number of amides is 1. The van der Waals surface area contributed by atoms with Gasteiger partial charge < -0.3 is 15.4 Å². The fourth-order valence-electron chi connectivity index (χ4n) is 1.64. The zero-order chi connectivity index (χ0) is 15.5. The Morgan fingerprint density at radius 1 is 1.40 bits per heavy atom. The van der Waals surface area contributed by atoms with Gasteiger partial charge in [0.2, 0.25) is 15.9 Å². The molecule has 0 fully saturated rings. The maximum absolute atomic E-state index is 12.3. The third-order valence-corrected chi connectivity index (χ3v) is 4.18. The molecule has 0 radical (unpaired) electrons. The van der Waals surface area contributed by atoms with E-state index in [9.17, 15) is 13.2 Å². The summed E-state index contributed by atoms with van der Waals surface area (Å²) in [6, 6.07) is 3.39. The van der Waals surface area contributed by atoms with E-state index in [1.807, 2.05) is 0 Å². The van der Waals surface area contributed by atoms with Crippen LogP contribution in [0.5, 0.6) is 5.75 Å². The van der Waals surface area contributed by atoms with E-state index in [4.69, 9.17) is 10.5 Å². The second-order valence-corrected chi connectivity index (χ2v) is 6.17. The number of nitrogens with zero attached hydrogens (tertiary/aromatic N) is 1. The molecule has 0 aromatic heterocycles. The van der Waals surface area contributed by atoms with E-state index in [0.29, 0.717) is 0 Å². The van der Waals surface area contributed by atoms with Crippen LogP contribution in [0.25, 0.3) is 0 Å². The lowest BCUT2D eigenvalue weighted by Gasteiger charge is -2.19. The smallest absolute Gasteiger partial charge is 0.245 e. The third-order valence-electron chi connectivity index (χ3n) is 2.62. The number of hydrogen-bond donors (Lipinski definition) is 2. The summed E-state index contributed by atoms with van der Waals surface area (Å²) in [6.45, 7) is 1.47. The van der Waals surface area contributed by atoms with Crippen molar-refractivity contribution in [1.29, 1.82) is 0 Å². The van der Waals surface area contributed by atoms with Crippen LogP contribution in [0.3, 0.4) is 0 Å². The second kappa shape index (κ2) is 6.10. The largest absolute Gasteiger partial charge is 0.495 e. The highest BCUT2D eigenvalue weighted by Gasteiger charge is 2.25. The number of nitrogens with two attached hydrogens (primary N) is 1. The summed E-state index contributed by atoms with van der Waals surface area (Å²) in [5.41, 5.74) is 5.88. The Kier molecular flexibility index (Phi) is 4.96. The zero-order valence-corrected chi connectivity index (χ0v) is 12.7. The van der Waals surface area contributed by atoms with Crippen LogP contribution in [0.15, 0.2) is 23.1 Å². The van der Waals surface area contributed by atoms with E-state index in [1.54, 1.807) is 14.1 Å². The summed E-state index contributed by atoms with van der Waals surface area (Å²) in [6.07, 6.45) is 0. The van der Waals surface area contributed by atoms with Gasteiger partial charge in [-0.3, -0.25) is 4.79 Å². The molecule has 20 heavy (non-hydrogen) atoms. The van der Waals surface area contributed by atoms with Gasteiger partial charge in [0, 0.05) is 19.8 Å². The number of rotatable bonds is 5. The van der Waals surface area contributed by atoms with Crippen LogP contribution in [0, 0.1) is 0 Å². The summed E-state index contributed by atoms with van der Waals surface area (Å²) in [4.78, 5) is 12.9. The van der Waals surface area contributed by atoms with E-state index in [0.717, 1.165) is 0 Å². The summed E-state index contributed by atoms with van der Waals surface area (Å²) in [5, 5.41) is 0. The number of carbonyl (C=O) groups is 1. The summed E-state index contributed by atoms with van der Waals surface area (Å²) < 4.78 is 31.9. The fraction of sp³-hybridized carbons (Fsp3) is 0.417. The molecule has 1 unspecified atom stereocenters. The maximum atomic E-state index is 12.3. The third kappa shape index (κ3) is 3.61. The van der Waals surface area contributed by atoms with Gasteiger partial charge in [0.25, 0.3) is 0 Å². The van der Waals surface area contributed by atoms with Crippen molar-refractivity contribution in [2.75, 3.05) is 26.9 Å². The zero-order valence-electron chi connectivity index (χ0n) is 11.9. The number of methoxy groups -OCH3 is 1. The SMILES string of the molecule is COc1ccc(N)cc1S(=O)(=O)NC(C)C(=O)N(C)C. The molecule has 1 rings (SSSR count). The predicted molar refractivity (Wildman–Crippen MR) is 75.9 cm³/mol. The van der Waals surface area contributed by atoms with Crippen molar-refractivity contribution in [3.8, 4) is 5.75 Å². The van der Waals surface area contributed by atoms with Gasteiger partial charge in [0.1, 0.15) is 10.6 Å². The van der Waals surface area contributed by atoms with Crippen LogP contribution in [0.4, 0.5) is 5.69 Å². The van der Waals surface area contributed by atoms with Crippen LogP contribution in [0.2, 0.25) is 0 Å². The molecule has 112 valence electrons. The minimum atomic E-state index is -3.91. The molecule has 0 heterocycles. The van der Waals surface area contributed by atoms with E-state index in [-0.39, 0.29) is 22.2 Å².